The fourth-order valence-corrected chi connectivity index (χ4v) is 2.14. The van der Waals surface area contributed by atoms with Crippen LogP contribution in [0.2, 0.25) is 0 Å². The van der Waals surface area contributed by atoms with Crippen LogP contribution in [0.25, 0.3) is 0 Å². The minimum Gasteiger partial charge on any atom is -0.322 e. The van der Waals surface area contributed by atoms with Gasteiger partial charge >= 0.3 is 0 Å². The number of anilines is 2. The molecule has 120 valence electrons. The number of carbonyl (C=O) groups is 2. The average molecular weight is 315 g/mol. The normalized spacial score (nSPS) is 14.1. The Labute approximate surface area is 132 Å². The molecule has 1 aliphatic rings. The number of aromatic nitrogens is 5. The van der Waals surface area contributed by atoms with Gasteiger partial charge in [-0.2, -0.15) is 0 Å². The average Bonchev–Trinajstić information content (AvgIpc) is 2.86. The van der Waals surface area contributed by atoms with Crippen molar-refractivity contribution in [1.82, 2.24) is 25.0 Å². The van der Waals surface area contributed by atoms with Crippen LogP contribution in [0.15, 0.2) is 18.6 Å². The van der Waals surface area contributed by atoms with Gasteiger partial charge in [0.2, 0.25) is 11.8 Å². The lowest BCUT2D eigenvalue weighted by molar-refractivity contribution is -0.122. The molecule has 1 aliphatic carbocycles. The van der Waals surface area contributed by atoms with Gasteiger partial charge in [-0.05, 0) is 19.8 Å². The van der Waals surface area contributed by atoms with E-state index in [0.717, 1.165) is 19.3 Å². The van der Waals surface area contributed by atoms with E-state index in [1.807, 2.05) is 0 Å². The summed E-state index contributed by atoms with van der Waals surface area (Å²) in [6, 6.07) is 0. The molecule has 0 saturated heterocycles. The topological polar surface area (TPSA) is 115 Å². The SMILES string of the molecule is Cc1ncc(NC(=O)Cn2cc(NC(=O)C3CCC3)nn2)cn1. The van der Waals surface area contributed by atoms with Crippen molar-refractivity contribution in [3.63, 3.8) is 0 Å². The monoisotopic (exact) mass is 315 g/mol. The first-order valence-corrected chi connectivity index (χ1v) is 7.39. The Kier molecular flexibility index (Phi) is 4.26. The molecule has 0 atom stereocenters. The van der Waals surface area contributed by atoms with Crippen LogP contribution in [0.4, 0.5) is 11.5 Å². The Balaban J connectivity index is 1.52. The van der Waals surface area contributed by atoms with Gasteiger partial charge in [0.05, 0.1) is 24.3 Å². The van der Waals surface area contributed by atoms with Crippen LogP contribution in [-0.2, 0) is 16.1 Å². The molecular weight excluding hydrogens is 298 g/mol. The lowest BCUT2D eigenvalue weighted by atomic mass is 9.85. The Morgan fingerprint density at radius 1 is 1.26 bits per heavy atom. The molecule has 2 aromatic heterocycles. The number of rotatable bonds is 5. The van der Waals surface area contributed by atoms with Crippen LogP contribution in [0, 0.1) is 12.8 Å². The van der Waals surface area contributed by atoms with Gasteiger partial charge in [0.25, 0.3) is 0 Å². The summed E-state index contributed by atoms with van der Waals surface area (Å²) < 4.78 is 1.36. The van der Waals surface area contributed by atoms with Crippen molar-refractivity contribution in [2.75, 3.05) is 10.6 Å². The Bertz CT molecular complexity index is 706. The van der Waals surface area contributed by atoms with E-state index in [4.69, 9.17) is 0 Å². The van der Waals surface area contributed by atoms with Crippen molar-refractivity contribution in [2.24, 2.45) is 5.92 Å². The van der Waals surface area contributed by atoms with Crippen molar-refractivity contribution in [2.45, 2.75) is 32.7 Å². The van der Waals surface area contributed by atoms with Gasteiger partial charge in [-0.15, -0.1) is 5.10 Å². The maximum atomic E-state index is 11.9. The molecular formula is C14H17N7O2. The Hall–Kier alpha value is -2.84. The van der Waals surface area contributed by atoms with Crippen molar-refractivity contribution >= 4 is 23.3 Å². The predicted octanol–water partition coefficient (Wildman–Crippen LogP) is 0.754. The Morgan fingerprint density at radius 3 is 2.65 bits per heavy atom. The summed E-state index contributed by atoms with van der Waals surface area (Å²) in [7, 11) is 0. The number of nitrogens with one attached hydrogen (secondary N) is 2. The molecule has 9 heteroatoms. The van der Waals surface area contributed by atoms with E-state index in [9.17, 15) is 9.59 Å². The highest BCUT2D eigenvalue weighted by Crippen LogP contribution is 2.27. The molecule has 23 heavy (non-hydrogen) atoms. The number of aryl methyl sites for hydroxylation is 1. The van der Waals surface area contributed by atoms with Gasteiger partial charge in [0, 0.05) is 5.92 Å². The molecule has 2 amide bonds. The van der Waals surface area contributed by atoms with Crippen molar-refractivity contribution in [3.8, 4) is 0 Å². The molecule has 0 spiro atoms. The number of carbonyl (C=O) groups excluding carboxylic acids is 2. The maximum Gasteiger partial charge on any atom is 0.246 e. The molecule has 0 radical (unpaired) electrons. The number of hydrogen-bond donors (Lipinski definition) is 2. The summed E-state index contributed by atoms with van der Waals surface area (Å²) in [4.78, 5) is 31.7. The highest BCUT2D eigenvalue weighted by Gasteiger charge is 2.25. The quantitative estimate of drug-likeness (QED) is 0.841. The zero-order chi connectivity index (χ0) is 16.2. The third-order valence-corrected chi connectivity index (χ3v) is 3.64. The van der Waals surface area contributed by atoms with E-state index in [1.165, 1.54) is 23.3 Å². The lowest BCUT2D eigenvalue weighted by Gasteiger charge is -2.23. The smallest absolute Gasteiger partial charge is 0.246 e. The third-order valence-electron chi connectivity index (χ3n) is 3.64. The summed E-state index contributed by atoms with van der Waals surface area (Å²) >= 11 is 0. The summed E-state index contributed by atoms with van der Waals surface area (Å²) in [6.07, 6.45) is 7.52. The summed E-state index contributed by atoms with van der Waals surface area (Å²) in [5.74, 6) is 0.744. The van der Waals surface area contributed by atoms with Crippen LogP contribution in [-0.4, -0.2) is 36.8 Å². The summed E-state index contributed by atoms with van der Waals surface area (Å²) in [5, 5.41) is 13.0. The molecule has 1 saturated carbocycles. The van der Waals surface area contributed by atoms with Crippen LogP contribution in [0.3, 0.4) is 0 Å². The molecule has 0 unspecified atom stereocenters. The first-order chi connectivity index (χ1) is 11.1. The van der Waals surface area contributed by atoms with E-state index >= 15 is 0 Å². The minimum atomic E-state index is -0.278. The van der Waals surface area contributed by atoms with Crippen molar-refractivity contribution in [3.05, 3.63) is 24.4 Å². The predicted molar refractivity (Wildman–Crippen MR) is 81.4 cm³/mol. The van der Waals surface area contributed by atoms with Gasteiger partial charge < -0.3 is 10.6 Å². The molecule has 0 bridgehead atoms. The van der Waals surface area contributed by atoms with Gasteiger partial charge in [-0.1, -0.05) is 11.6 Å². The fourth-order valence-electron chi connectivity index (χ4n) is 2.14. The van der Waals surface area contributed by atoms with E-state index in [1.54, 1.807) is 6.92 Å². The van der Waals surface area contributed by atoms with Crippen LogP contribution in [0.1, 0.15) is 25.1 Å². The highest BCUT2D eigenvalue weighted by molar-refractivity contribution is 5.92. The highest BCUT2D eigenvalue weighted by atomic mass is 16.2. The fraction of sp³-hybridized carbons (Fsp3) is 0.429. The minimum absolute atomic E-state index is 0.0137. The Morgan fingerprint density at radius 2 is 2.00 bits per heavy atom. The molecule has 9 nitrogen and oxygen atoms in total. The second-order valence-electron chi connectivity index (χ2n) is 5.49. The molecule has 1 fully saturated rings. The summed E-state index contributed by atoms with van der Waals surface area (Å²) in [6.45, 7) is 1.75. The van der Waals surface area contributed by atoms with E-state index in [2.05, 4.69) is 30.9 Å². The van der Waals surface area contributed by atoms with Crippen LogP contribution in [0.5, 0.6) is 0 Å². The van der Waals surface area contributed by atoms with Gasteiger partial charge in [-0.3, -0.25) is 9.59 Å². The second-order valence-corrected chi connectivity index (χ2v) is 5.49. The lowest BCUT2D eigenvalue weighted by Crippen LogP contribution is -2.28. The van der Waals surface area contributed by atoms with Crippen molar-refractivity contribution < 1.29 is 9.59 Å². The number of hydrogen-bond acceptors (Lipinski definition) is 6. The van der Waals surface area contributed by atoms with E-state index in [0.29, 0.717) is 17.3 Å². The first kappa shape index (κ1) is 15.1. The van der Waals surface area contributed by atoms with Gasteiger partial charge in [-0.25, -0.2) is 14.6 Å². The standard InChI is InChI=1S/C14H17N7O2/c1-9-15-5-11(6-16-9)17-13(22)8-21-7-12(19-20-21)18-14(23)10-3-2-4-10/h5-7,10H,2-4,8H2,1H3,(H,17,22)(H,18,23). The first-order valence-electron chi connectivity index (χ1n) is 7.39. The number of nitrogens with zero attached hydrogens (tertiary/aromatic N) is 5. The molecule has 2 heterocycles. The largest absolute Gasteiger partial charge is 0.322 e. The molecule has 0 aromatic carbocycles. The van der Waals surface area contributed by atoms with Gasteiger partial charge in [0.1, 0.15) is 12.4 Å². The molecule has 3 rings (SSSR count). The maximum absolute atomic E-state index is 11.9. The molecule has 2 N–H and O–H groups in total. The van der Waals surface area contributed by atoms with E-state index in [-0.39, 0.29) is 24.3 Å². The van der Waals surface area contributed by atoms with Crippen LogP contribution >= 0.6 is 0 Å². The van der Waals surface area contributed by atoms with E-state index < -0.39 is 0 Å². The second kappa shape index (κ2) is 6.51. The zero-order valence-electron chi connectivity index (χ0n) is 12.7. The molecule has 2 aromatic rings. The van der Waals surface area contributed by atoms with Crippen molar-refractivity contribution in [1.29, 1.82) is 0 Å². The zero-order valence-corrected chi connectivity index (χ0v) is 12.7. The van der Waals surface area contributed by atoms with Gasteiger partial charge in [0.15, 0.2) is 5.82 Å². The van der Waals surface area contributed by atoms with Crippen LogP contribution < -0.4 is 10.6 Å². The number of amides is 2. The third kappa shape index (κ3) is 3.87. The summed E-state index contributed by atoms with van der Waals surface area (Å²) in [5.41, 5.74) is 0.513. The molecule has 0 aliphatic heterocycles.